The number of methoxy groups -OCH3 is 1. The monoisotopic (exact) mass is 325 g/mol. The average Bonchev–Trinajstić information content (AvgIpc) is 2.59. The number of ether oxygens (including phenoxy) is 1. The summed E-state index contributed by atoms with van der Waals surface area (Å²) in [4.78, 5) is 24.0. The number of carbonyl (C=O) groups is 1. The smallest absolute Gasteiger partial charge is 0.345 e. The molecular formula is C18H15NO5. The molecule has 0 aliphatic rings. The van der Waals surface area contributed by atoms with Crippen LogP contribution in [0, 0.1) is 0 Å². The van der Waals surface area contributed by atoms with Crippen molar-refractivity contribution < 1.29 is 19.7 Å². The highest BCUT2D eigenvalue weighted by atomic mass is 16.5. The van der Waals surface area contributed by atoms with Gasteiger partial charge in [0.15, 0.2) is 5.56 Å². The van der Waals surface area contributed by atoms with Crippen molar-refractivity contribution in [3.63, 3.8) is 0 Å². The molecule has 0 spiro atoms. The van der Waals surface area contributed by atoms with Crippen molar-refractivity contribution in [2.24, 2.45) is 0 Å². The Morgan fingerprint density at radius 1 is 1.17 bits per heavy atom. The van der Waals surface area contributed by atoms with Crippen LogP contribution >= 0.6 is 0 Å². The highest BCUT2D eigenvalue weighted by molar-refractivity contribution is 5.91. The number of nitrogens with zero attached hydrogens (tertiary/aromatic N) is 1. The van der Waals surface area contributed by atoms with Gasteiger partial charge in [-0.1, -0.05) is 18.2 Å². The molecule has 2 aromatic heterocycles. The van der Waals surface area contributed by atoms with Gasteiger partial charge in [-0.05, 0) is 29.8 Å². The molecule has 1 aromatic carbocycles. The van der Waals surface area contributed by atoms with Gasteiger partial charge in [-0.15, -0.1) is 0 Å². The fourth-order valence-corrected chi connectivity index (χ4v) is 2.67. The molecule has 0 aliphatic heterocycles. The summed E-state index contributed by atoms with van der Waals surface area (Å²) in [6, 6.07) is 12.2. The summed E-state index contributed by atoms with van der Waals surface area (Å²) in [6.45, 7) is 0. The summed E-state index contributed by atoms with van der Waals surface area (Å²) in [5.74, 6) is -1.33. The number of benzene rings is 1. The Bertz CT molecular complexity index is 973. The fourth-order valence-electron chi connectivity index (χ4n) is 2.67. The van der Waals surface area contributed by atoms with Crippen molar-refractivity contribution >= 4 is 11.5 Å². The van der Waals surface area contributed by atoms with E-state index in [0.717, 1.165) is 5.56 Å². The Balaban J connectivity index is 2.22. The summed E-state index contributed by atoms with van der Waals surface area (Å²) in [5.41, 5.74) is 0.321. The minimum Gasteiger partial charge on any atom is -0.497 e. The number of carboxylic acids is 1. The van der Waals surface area contributed by atoms with E-state index in [4.69, 9.17) is 4.74 Å². The van der Waals surface area contributed by atoms with E-state index >= 15 is 0 Å². The third kappa shape index (κ3) is 2.58. The Morgan fingerprint density at radius 2 is 1.88 bits per heavy atom. The molecule has 0 atom stereocenters. The SMILES string of the molecule is COc1ccc(Cc2c(=O)c(C(=O)O)c(O)n3ccccc23)cc1. The van der Waals surface area contributed by atoms with Gasteiger partial charge in [0.05, 0.1) is 12.6 Å². The van der Waals surface area contributed by atoms with Crippen molar-refractivity contribution in [2.75, 3.05) is 7.11 Å². The number of pyridine rings is 2. The van der Waals surface area contributed by atoms with Gasteiger partial charge in [-0.25, -0.2) is 4.79 Å². The van der Waals surface area contributed by atoms with Crippen molar-refractivity contribution in [3.05, 3.63) is 75.6 Å². The lowest BCUT2D eigenvalue weighted by atomic mass is 10.0. The first-order chi connectivity index (χ1) is 11.5. The van der Waals surface area contributed by atoms with Crippen LogP contribution in [-0.4, -0.2) is 27.7 Å². The maximum atomic E-state index is 12.6. The molecule has 3 rings (SSSR count). The maximum Gasteiger partial charge on any atom is 0.345 e. The van der Waals surface area contributed by atoms with E-state index in [9.17, 15) is 19.8 Å². The van der Waals surface area contributed by atoms with Crippen LogP contribution in [0.15, 0.2) is 53.5 Å². The van der Waals surface area contributed by atoms with E-state index in [0.29, 0.717) is 16.8 Å². The van der Waals surface area contributed by atoms with E-state index in [2.05, 4.69) is 0 Å². The summed E-state index contributed by atoms with van der Waals surface area (Å²) >= 11 is 0. The van der Waals surface area contributed by atoms with Gasteiger partial charge in [0.25, 0.3) is 0 Å². The average molecular weight is 325 g/mol. The molecule has 0 radical (unpaired) electrons. The summed E-state index contributed by atoms with van der Waals surface area (Å²) in [6.07, 6.45) is 1.77. The lowest BCUT2D eigenvalue weighted by molar-refractivity contribution is 0.0691. The number of fused-ring (bicyclic) bond motifs is 1. The Kier molecular flexibility index (Phi) is 3.95. The van der Waals surface area contributed by atoms with Crippen molar-refractivity contribution in [2.45, 2.75) is 6.42 Å². The summed E-state index contributed by atoms with van der Waals surface area (Å²) in [7, 11) is 1.56. The largest absolute Gasteiger partial charge is 0.497 e. The first-order valence-electron chi connectivity index (χ1n) is 7.24. The van der Waals surface area contributed by atoms with Gasteiger partial charge in [0.2, 0.25) is 11.3 Å². The van der Waals surface area contributed by atoms with Crippen LogP contribution in [0.3, 0.4) is 0 Å². The van der Waals surface area contributed by atoms with Gasteiger partial charge >= 0.3 is 5.97 Å². The van der Waals surface area contributed by atoms with E-state index in [1.807, 2.05) is 12.1 Å². The predicted molar refractivity (Wildman–Crippen MR) is 88.1 cm³/mol. The number of aromatic nitrogens is 1. The molecule has 2 heterocycles. The second-order valence-corrected chi connectivity index (χ2v) is 5.29. The Labute approximate surface area is 137 Å². The predicted octanol–water partition coefficient (Wildman–Crippen LogP) is 2.30. The maximum absolute atomic E-state index is 12.6. The van der Waals surface area contributed by atoms with Gasteiger partial charge < -0.3 is 14.9 Å². The van der Waals surface area contributed by atoms with Crippen LogP contribution in [0.1, 0.15) is 21.5 Å². The number of carboxylic acid groups (broad SMARTS) is 1. The molecule has 6 nitrogen and oxygen atoms in total. The molecule has 0 bridgehead atoms. The number of aromatic hydroxyl groups is 1. The quantitative estimate of drug-likeness (QED) is 0.768. The molecule has 0 saturated heterocycles. The van der Waals surface area contributed by atoms with Crippen LogP contribution < -0.4 is 10.2 Å². The molecule has 24 heavy (non-hydrogen) atoms. The zero-order valence-corrected chi connectivity index (χ0v) is 12.9. The summed E-state index contributed by atoms with van der Waals surface area (Å²) < 4.78 is 6.41. The molecule has 0 amide bonds. The minimum atomic E-state index is -1.45. The number of hydrogen-bond donors (Lipinski definition) is 2. The molecular weight excluding hydrogens is 310 g/mol. The second kappa shape index (κ2) is 6.08. The van der Waals surface area contributed by atoms with Crippen LogP contribution in [-0.2, 0) is 6.42 Å². The van der Waals surface area contributed by atoms with E-state index in [-0.39, 0.29) is 6.42 Å². The number of rotatable bonds is 4. The van der Waals surface area contributed by atoms with E-state index < -0.39 is 22.8 Å². The van der Waals surface area contributed by atoms with Crippen LogP contribution in [0.4, 0.5) is 0 Å². The normalized spacial score (nSPS) is 10.7. The minimum absolute atomic E-state index is 0.247. The van der Waals surface area contributed by atoms with Crippen LogP contribution in [0.25, 0.3) is 5.52 Å². The first-order valence-corrected chi connectivity index (χ1v) is 7.24. The third-order valence-corrected chi connectivity index (χ3v) is 3.88. The number of hydrogen-bond acceptors (Lipinski definition) is 4. The van der Waals surface area contributed by atoms with Crippen molar-refractivity contribution in [1.82, 2.24) is 4.40 Å². The fraction of sp³-hybridized carbons (Fsp3) is 0.111. The summed E-state index contributed by atoms with van der Waals surface area (Å²) in [5, 5.41) is 19.4. The molecule has 122 valence electrons. The first kappa shape index (κ1) is 15.6. The Hall–Kier alpha value is -3.28. The highest BCUT2D eigenvalue weighted by Gasteiger charge is 2.22. The Morgan fingerprint density at radius 3 is 2.50 bits per heavy atom. The highest BCUT2D eigenvalue weighted by Crippen LogP contribution is 2.22. The van der Waals surface area contributed by atoms with Gasteiger partial charge in [0.1, 0.15) is 5.75 Å². The molecule has 0 fully saturated rings. The molecule has 2 N–H and O–H groups in total. The zero-order chi connectivity index (χ0) is 17.3. The molecule has 3 aromatic rings. The lowest BCUT2D eigenvalue weighted by Gasteiger charge is -2.12. The third-order valence-electron chi connectivity index (χ3n) is 3.88. The molecule has 0 unspecified atom stereocenters. The van der Waals surface area contributed by atoms with E-state index in [1.165, 1.54) is 10.6 Å². The van der Waals surface area contributed by atoms with Crippen LogP contribution in [0.5, 0.6) is 11.6 Å². The number of aromatic carboxylic acids is 1. The van der Waals surface area contributed by atoms with E-state index in [1.54, 1.807) is 37.4 Å². The lowest BCUT2D eigenvalue weighted by Crippen LogP contribution is -2.22. The van der Waals surface area contributed by atoms with Gasteiger partial charge in [0, 0.05) is 18.2 Å². The van der Waals surface area contributed by atoms with Gasteiger partial charge in [-0.3, -0.25) is 9.20 Å². The van der Waals surface area contributed by atoms with Crippen molar-refractivity contribution in [1.29, 1.82) is 0 Å². The van der Waals surface area contributed by atoms with Gasteiger partial charge in [-0.2, -0.15) is 0 Å². The molecule has 0 aliphatic carbocycles. The standard InChI is InChI=1S/C18H15NO5/c1-24-12-7-5-11(6-8-12)10-13-14-4-2-3-9-19(14)17(21)15(16(13)20)18(22)23/h2-9,21H,10H2,1H3,(H,22,23). The molecule has 6 heteroatoms. The zero-order valence-electron chi connectivity index (χ0n) is 12.9. The van der Waals surface area contributed by atoms with Crippen molar-refractivity contribution in [3.8, 4) is 11.6 Å². The molecule has 0 saturated carbocycles. The second-order valence-electron chi connectivity index (χ2n) is 5.29. The topological polar surface area (TPSA) is 88.2 Å². The van der Waals surface area contributed by atoms with Crippen LogP contribution in [0.2, 0.25) is 0 Å².